The van der Waals surface area contributed by atoms with Gasteiger partial charge in [0.15, 0.2) is 0 Å². The minimum Gasteiger partial charge on any atom is -0.492 e. The fourth-order valence-electron chi connectivity index (χ4n) is 4.08. The molecule has 1 aromatic heterocycles. The van der Waals surface area contributed by atoms with Gasteiger partial charge in [-0.2, -0.15) is 0 Å². The predicted molar refractivity (Wildman–Crippen MR) is 121 cm³/mol. The lowest BCUT2D eigenvalue weighted by Gasteiger charge is -2.16. The van der Waals surface area contributed by atoms with Crippen molar-refractivity contribution in [2.45, 2.75) is 37.5 Å². The Kier molecular flexibility index (Phi) is 5.77. The highest BCUT2D eigenvalue weighted by Crippen LogP contribution is 2.32. The number of hydrogen-bond donors (Lipinski definition) is 2. The molecular formula is C23H27N3O4S. The van der Waals surface area contributed by atoms with E-state index in [9.17, 15) is 13.2 Å². The van der Waals surface area contributed by atoms with Gasteiger partial charge >= 0.3 is 0 Å². The van der Waals surface area contributed by atoms with Gasteiger partial charge in [-0.05, 0) is 62.4 Å². The molecule has 164 valence electrons. The van der Waals surface area contributed by atoms with E-state index in [1.165, 1.54) is 31.4 Å². The van der Waals surface area contributed by atoms with Crippen LogP contribution in [0.5, 0.6) is 5.75 Å². The van der Waals surface area contributed by atoms with E-state index in [4.69, 9.17) is 4.74 Å². The number of sulfonamides is 1. The van der Waals surface area contributed by atoms with Crippen molar-refractivity contribution in [3.63, 3.8) is 0 Å². The number of aromatic amines is 1. The number of carbonyl (C=O) groups excluding carboxylic acids is 1. The normalized spacial score (nSPS) is 13.9. The Morgan fingerprint density at radius 2 is 1.94 bits per heavy atom. The van der Waals surface area contributed by atoms with E-state index in [1.807, 2.05) is 12.1 Å². The second-order valence-corrected chi connectivity index (χ2v) is 9.97. The van der Waals surface area contributed by atoms with Crippen LogP contribution in [0, 0.1) is 0 Å². The standard InChI is InChI=1S/C23H27N3O4S/c1-4-30-20-13-12-15(14-21(20)31(28,29)26(2)3)24-23(27)18-10-7-9-17-16-8-5-6-11-19(16)25-22(17)18/h7,9-10,12-14,25H,4-6,8,11H2,1-3H3,(H,24,27). The number of anilines is 1. The Hall–Kier alpha value is -2.84. The molecule has 1 amide bonds. The summed E-state index contributed by atoms with van der Waals surface area (Å²) >= 11 is 0. The minimum absolute atomic E-state index is 0.0192. The third-order valence-electron chi connectivity index (χ3n) is 5.64. The highest BCUT2D eigenvalue weighted by atomic mass is 32.2. The van der Waals surface area contributed by atoms with E-state index in [2.05, 4.69) is 10.3 Å². The van der Waals surface area contributed by atoms with Crippen LogP contribution in [0.4, 0.5) is 5.69 Å². The number of nitrogens with zero attached hydrogens (tertiary/aromatic N) is 1. The number of para-hydroxylation sites is 1. The molecule has 2 N–H and O–H groups in total. The summed E-state index contributed by atoms with van der Waals surface area (Å²) in [6, 6.07) is 10.4. The van der Waals surface area contributed by atoms with Crippen LogP contribution < -0.4 is 10.1 Å². The molecular weight excluding hydrogens is 414 g/mol. The zero-order chi connectivity index (χ0) is 22.2. The zero-order valence-electron chi connectivity index (χ0n) is 18.0. The summed E-state index contributed by atoms with van der Waals surface area (Å²) in [5.41, 5.74) is 4.28. The lowest BCUT2D eigenvalue weighted by molar-refractivity contribution is 0.102. The fraction of sp³-hybridized carbons (Fsp3) is 0.348. The fourth-order valence-corrected chi connectivity index (χ4v) is 5.13. The number of carbonyl (C=O) groups is 1. The van der Waals surface area contributed by atoms with Gasteiger partial charge in [0, 0.05) is 30.9 Å². The third-order valence-corrected chi connectivity index (χ3v) is 7.47. The Morgan fingerprint density at radius 1 is 1.16 bits per heavy atom. The van der Waals surface area contributed by atoms with Crippen LogP contribution in [0.3, 0.4) is 0 Å². The molecule has 2 aromatic carbocycles. The SMILES string of the molecule is CCOc1ccc(NC(=O)c2cccc3c4c([nH]c23)CCCC4)cc1S(=O)(=O)N(C)C. The van der Waals surface area contributed by atoms with Crippen molar-refractivity contribution in [3.05, 3.63) is 53.2 Å². The molecule has 0 fully saturated rings. The molecule has 3 aromatic rings. The number of ether oxygens (including phenoxy) is 1. The van der Waals surface area contributed by atoms with Gasteiger partial charge < -0.3 is 15.0 Å². The Bertz CT molecular complexity index is 1250. The molecule has 0 saturated heterocycles. The summed E-state index contributed by atoms with van der Waals surface area (Å²) in [6.07, 6.45) is 4.32. The van der Waals surface area contributed by atoms with Crippen LogP contribution in [0.2, 0.25) is 0 Å². The molecule has 1 aliphatic rings. The number of nitrogens with one attached hydrogen (secondary N) is 2. The highest BCUT2D eigenvalue weighted by molar-refractivity contribution is 7.89. The zero-order valence-corrected chi connectivity index (χ0v) is 18.8. The Morgan fingerprint density at radius 3 is 2.68 bits per heavy atom. The van der Waals surface area contributed by atoms with Gasteiger partial charge in [0.25, 0.3) is 5.91 Å². The quantitative estimate of drug-likeness (QED) is 0.606. The first-order valence-electron chi connectivity index (χ1n) is 10.5. The van der Waals surface area contributed by atoms with E-state index >= 15 is 0 Å². The number of hydrogen-bond acceptors (Lipinski definition) is 4. The number of fused-ring (bicyclic) bond motifs is 3. The second-order valence-electron chi connectivity index (χ2n) is 7.85. The van der Waals surface area contributed by atoms with Crippen molar-refractivity contribution in [2.24, 2.45) is 0 Å². The van der Waals surface area contributed by atoms with E-state index in [0.29, 0.717) is 17.9 Å². The van der Waals surface area contributed by atoms with Crippen molar-refractivity contribution in [2.75, 3.05) is 26.0 Å². The van der Waals surface area contributed by atoms with Crippen LogP contribution in [0.25, 0.3) is 10.9 Å². The maximum Gasteiger partial charge on any atom is 0.257 e. The number of aromatic nitrogens is 1. The molecule has 0 radical (unpaired) electrons. The summed E-state index contributed by atoms with van der Waals surface area (Å²) < 4.78 is 32.1. The van der Waals surface area contributed by atoms with Gasteiger partial charge in [-0.15, -0.1) is 0 Å². The Labute approximate surface area is 182 Å². The molecule has 4 rings (SSSR count). The van der Waals surface area contributed by atoms with Gasteiger partial charge in [-0.25, -0.2) is 12.7 Å². The number of amides is 1. The molecule has 1 heterocycles. The maximum atomic E-state index is 13.1. The first-order chi connectivity index (χ1) is 14.8. The van der Waals surface area contributed by atoms with Gasteiger partial charge in [0.2, 0.25) is 10.0 Å². The topological polar surface area (TPSA) is 91.5 Å². The summed E-state index contributed by atoms with van der Waals surface area (Å²) in [5, 5.41) is 3.94. The van der Waals surface area contributed by atoms with Crippen molar-refractivity contribution in [3.8, 4) is 5.75 Å². The predicted octanol–water partition coefficient (Wildman–Crippen LogP) is 3.95. The molecule has 0 saturated carbocycles. The van der Waals surface area contributed by atoms with E-state index in [1.54, 1.807) is 25.1 Å². The lowest BCUT2D eigenvalue weighted by Crippen LogP contribution is -2.23. The Balaban J connectivity index is 1.70. The summed E-state index contributed by atoms with van der Waals surface area (Å²) in [7, 11) is -0.814. The lowest BCUT2D eigenvalue weighted by atomic mass is 9.95. The van der Waals surface area contributed by atoms with E-state index in [-0.39, 0.29) is 16.6 Å². The minimum atomic E-state index is -3.74. The maximum absolute atomic E-state index is 13.1. The average molecular weight is 442 g/mol. The molecule has 0 unspecified atom stereocenters. The van der Waals surface area contributed by atoms with Crippen LogP contribution in [0.15, 0.2) is 41.3 Å². The highest BCUT2D eigenvalue weighted by Gasteiger charge is 2.24. The van der Waals surface area contributed by atoms with Crippen LogP contribution in [0.1, 0.15) is 41.4 Å². The van der Waals surface area contributed by atoms with E-state index in [0.717, 1.165) is 40.9 Å². The molecule has 31 heavy (non-hydrogen) atoms. The van der Waals surface area contributed by atoms with Crippen molar-refractivity contribution in [1.82, 2.24) is 9.29 Å². The van der Waals surface area contributed by atoms with Crippen molar-refractivity contribution in [1.29, 1.82) is 0 Å². The smallest absolute Gasteiger partial charge is 0.257 e. The van der Waals surface area contributed by atoms with Crippen molar-refractivity contribution >= 4 is 32.5 Å². The number of H-pyrrole nitrogens is 1. The first-order valence-corrected chi connectivity index (χ1v) is 11.9. The average Bonchev–Trinajstić information content (AvgIpc) is 3.13. The molecule has 0 bridgehead atoms. The van der Waals surface area contributed by atoms with Crippen LogP contribution in [-0.4, -0.2) is 44.3 Å². The third kappa shape index (κ3) is 3.93. The molecule has 7 nitrogen and oxygen atoms in total. The molecule has 0 aliphatic heterocycles. The first kappa shape index (κ1) is 21.4. The number of aryl methyl sites for hydroxylation is 2. The van der Waals surface area contributed by atoms with Crippen molar-refractivity contribution < 1.29 is 17.9 Å². The molecule has 8 heteroatoms. The number of benzene rings is 2. The summed E-state index contributed by atoms with van der Waals surface area (Å²) in [4.78, 5) is 16.6. The molecule has 1 aliphatic carbocycles. The van der Waals surface area contributed by atoms with Crippen LogP contribution in [-0.2, 0) is 22.9 Å². The number of rotatable bonds is 6. The van der Waals surface area contributed by atoms with Gasteiger partial charge in [0.05, 0.1) is 17.7 Å². The van der Waals surface area contributed by atoms with E-state index < -0.39 is 10.0 Å². The summed E-state index contributed by atoms with van der Waals surface area (Å²) in [5.74, 6) is -0.0325. The van der Waals surface area contributed by atoms with Crippen LogP contribution >= 0.6 is 0 Å². The van der Waals surface area contributed by atoms with Gasteiger partial charge in [-0.1, -0.05) is 12.1 Å². The van der Waals surface area contributed by atoms with Gasteiger partial charge in [0.1, 0.15) is 10.6 Å². The summed E-state index contributed by atoms with van der Waals surface area (Å²) in [6.45, 7) is 2.12. The molecule has 0 spiro atoms. The largest absolute Gasteiger partial charge is 0.492 e. The second kappa shape index (κ2) is 8.36. The monoisotopic (exact) mass is 441 g/mol. The van der Waals surface area contributed by atoms with Gasteiger partial charge in [-0.3, -0.25) is 4.79 Å². The molecule has 0 atom stereocenters.